The molecule has 0 amide bonds. The molecule has 94 valence electrons. The molecule has 0 saturated heterocycles. The van der Waals surface area contributed by atoms with Crippen LogP contribution in [-0.2, 0) is 19.1 Å². The minimum atomic E-state index is -0.284. The Morgan fingerprint density at radius 2 is 1.69 bits per heavy atom. The summed E-state index contributed by atoms with van der Waals surface area (Å²) in [7, 11) is 0. The predicted octanol–water partition coefficient (Wildman–Crippen LogP) is 2.48. The van der Waals surface area contributed by atoms with Gasteiger partial charge in [0, 0.05) is 12.5 Å². The molecule has 0 atom stereocenters. The fourth-order valence-electron chi connectivity index (χ4n) is 0.636. The largest absolute Gasteiger partial charge is 0.466 e. The zero-order valence-electron chi connectivity index (χ0n) is 10.7. The summed E-state index contributed by atoms with van der Waals surface area (Å²) in [4.78, 5) is 20.5. The lowest BCUT2D eigenvalue weighted by atomic mass is 10.3. The number of carbonyl (C=O) groups is 2. The Labute approximate surface area is 97.6 Å². The van der Waals surface area contributed by atoms with Crippen molar-refractivity contribution in [3.05, 3.63) is 12.2 Å². The minimum Gasteiger partial charge on any atom is -0.466 e. The van der Waals surface area contributed by atoms with Crippen LogP contribution >= 0.6 is 0 Å². The van der Waals surface area contributed by atoms with Gasteiger partial charge in [-0.05, 0) is 20.3 Å². The number of unbranched alkanes of at least 4 members (excludes halogenated alkanes) is 1. The van der Waals surface area contributed by atoms with Crippen molar-refractivity contribution in [1.29, 1.82) is 0 Å². The molecule has 0 heterocycles. The van der Waals surface area contributed by atoms with Crippen LogP contribution in [0.15, 0.2) is 12.2 Å². The maximum Gasteiger partial charge on any atom is 0.333 e. The topological polar surface area (TPSA) is 52.6 Å². The van der Waals surface area contributed by atoms with Crippen molar-refractivity contribution in [2.45, 2.75) is 40.5 Å². The summed E-state index contributed by atoms with van der Waals surface area (Å²) in [5.74, 6) is -0.494. The van der Waals surface area contributed by atoms with Gasteiger partial charge in [-0.2, -0.15) is 0 Å². The first kappa shape index (κ1) is 17.1. The fraction of sp³-hybridized carbons (Fsp3) is 0.667. The third kappa shape index (κ3) is 15.2. The second kappa shape index (κ2) is 11.8. The molecule has 16 heavy (non-hydrogen) atoms. The van der Waals surface area contributed by atoms with Gasteiger partial charge >= 0.3 is 11.9 Å². The second-order valence-electron chi connectivity index (χ2n) is 3.19. The van der Waals surface area contributed by atoms with E-state index in [1.807, 2.05) is 0 Å². The van der Waals surface area contributed by atoms with Crippen molar-refractivity contribution in [2.75, 3.05) is 13.2 Å². The molecule has 0 saturated carbocycles. The molecule has 0 bridgehead atoms. The lowest BCUT2D eigenvalue weighted by Crippen LogP contribution is -2.05. The minimum absolute atomic E-state index is 0.211. The van der Waals surface area contributed by atoms with Crippen LogP contribution in [-0.4, -0.2) is 25.2 Å². The van der Waals surface area contributed by atoms with E-state index in [1.54, 1.807) is 13.8 Å². The van der Waals surface area contributed by atoms with Crippen molar-refractivity contribution < 1.29 is 19.1 Å². The highest BCUT2D eigenvalue weighted by Crippen LogP contribution is 1.94. The summed E-state index contributed by atoms with van der Waals surface area (Å²) in [5.41, 5.74) is 0.469. The van der Waals surface area contributed by atoms with Crippen molar-refractivity contribution in [3.8, 4) is 0 Å². The maximum absolute atomic E-state index is 10.7. The molecule has 0 N–H and O–H groups in total. The number of hydrogen-bond donors (Lipinski definition) is 0. The van der Waals surface area contributed by atoms with Crippen molar-refractivity contribution in [3.63, 3.8) is 0 Å². The van der Waals surface area contributed by atoms with Gasteiger partial charge in [-0.1, -0.05) is 19.9 Å². The van der Waals surface area contributed by atoms with Gasteiger partial charge in [0.15, 0.2) is 0 Å². The first-order valence-corrected chi connectivity index (χ1v) is 5.41. The van der Waals surface area contributed by atoms with Crippen LogP contribution in [0, 0.1) is 0 Å². The average molecular weight is 230 g/mol. The van der Waals surface area contributed by atoms with Crippen LogP contribution in [0.1, 0.15) is 40.5 Å². The fourth-order valence-corrected chi connectivity index (χ4v) is 0.636. The van der Waals surface area contributed by atoms with E-state index in [2.05, 4.69) is 18.2 Å². The van der Waals surface area contributed by atoms with Gasteiger partial charge in [0.05, 0.1) is 13.2 Å². The number of carbonyl (C=O) groups excluding carboxylic acids is 2. The zero-order valence-corrected chi connectivity index (χ0v) is 10.7. The third-order valence-electron chi connectivity index (χ3n) is 1.43. The van der Waals surface area contributed by atoms with E-state index in [4.69, 9.17) is 4.74 Å². The molecule has 0 fully saturated rings. The molecule has 0 unspecified atom stereocenters. The molecule has 0 spiro atoms. The lowest BCUT2D eigenvalue weighted by Gasteiger charge is -2.01. The van der Waals surface area contributed by atoms with Gasteiger partial charge in [-0.15, -0.1) is 0 Å². The Hall–Kier alpha value is -1.32. The molecule has 0 aromatic heterocycles. The molecule has 4 heteroatoms. The van der Waals surface area contributed by atoms with E-state index in [1.165, 1.54) is 6.92 Å². The normalized spacial score (nSPS) is 8.50. The maximum atomic E-state index is 10.7. The van der Waals surface area contributed by atoms with Crippen LogP contribution in [0.2, 0.25) is 0 Å². The van der Waals surface area contributed by atoms with E-state index < -0.39 is 0 Å². The number of hydrogen-bond acceptors (Lipinski definition) is 4. The Balaban J connectivity index is 0. The van der Waals surface area contributed by atoms with Gasteiger partial charge in [-0.25, -0.2) is 4.79 Å². The highest BCUT2D eigenvalue weighted by molar-refractivity contribution is 5.86. The highest BCUT2D eigenvalue weighted by Gasteiger charge is 2.00. The predicted molar refractivity (Wildman–Crippen MR) is 63.0 cm³/mol. The van der Waals surface area contributed by atoms with Crippen molar-refractivity contribution in [1.82, 2.24) is 0 Å². The number of ether oxygens (including phenoxy) is 2. The van der Waals surface area contributed by atoms with Gasteiger partial charge in [-0.3, -0.25) is 4.79 Å². The number of rotatable bonds is 5. The molecule has 0 aliphatic heterocycles. The van der Waals surface area contributed by atoms with Crippen LogP contribution in [0.5, 0.6) is 0 Å². The van der Waals surface area contributed by atoms with Crippen molar-refractivity contribution in [2.24, 2.45) is 0 Å². The summed E-state index contributed by atoms with van der Waals surface area (Å²) in [6.45, 7) is 11.3. The molecular weight excluding hydrogens is 208 g/mol. The monoisotopic (exact) mass is 230 g/mol. The van der Waals surface area contributed by atoms with E-state index in [9.17, 15) is 9.59 Å². The molecule has 0 rings (SSSR count). The van der Waals surface area contributed by atoms with Crippen LogP contribution in [0.4, 0.5) is 0 Å². The molecule has 0 aliphatic rings. The highest BCUT2D eigenvalue weighted by atomic mass is 16.5. The van der Waals surface area contributed by atoms with Gasteiger partial charge in [0.2, 0.25) is 0 Å². The molecule has 0 aromatic rings. The Kier molecular flexibility index (Phi) is 12.6. The van der Waals surface area contributed by atoms with E-state index in [-0.39, 0.29) is 11.9 Å². The molecule has 0 aliphatic carbocycles. The summed E-state index contributed by atoms with van der Waals surface area (Å²) >= 11 is 0. The van der Waals surface area contributed by atoms with E-state index in [0.717, 1.165) is 12.8 Å². The first-order chi connectivity index (χ1) is 7.45. The standard InChI is InChI=1S/C8H14O2.C4H8O2/c1-4-5-6-10-8(9)7(2)3;1-3-6-4(2)5/h2,4-6H2,1,3H3;3H2,1-2H3. The zero-order chi connectivity index (χ0) is 13.0. The number of esters is 2. The molecule has 4 nitrogen and oxygen atoms in total. The first-order valence-electron chi connectivity index (χ1n) is 5.41. The summed E-state index contributed by atoms with van der Waals surface area (Å²) in [5, 5.41) is 0. The average Bonchev–Trinajstić information content (AvgIpc) is 2.18. The van der Waals surface area contributed by atoms with Gasteiger partial charge in [0.25, 0.3) is 0 Å². The van der Waals surface area contributed by atoms with Crippen LogP contribution in [0.3, 0.4) is 0 Å². The summed E-state index contributed by atoms with van der Waals surface area (Å²) < 4.78 is 9.21. The molecule has 0 radical (unpaired) electrons. The molecule has 0 aromatic carbocycles. The van der Waals surface area contributed by atoms with Gasteiger partial charge < -0.3 is 9.47 Å². The smallest absolute Gasteiger partial charge is 0.333 e. The quantitative estimate of drug-likeness (QED) is 0.413. The van der Waals surface area contributed by atoms with Crippen LogP contribution in [0.25, 0.3) is 0 Å². The van der Waals surface area contributed by atoms with E-state index >= 15 is 0 Å². The Morgan fingerprint density at radius 1 is 1.12 bits per heavy atom. The van der Waals surface area contributed by atoms with Gasteiger partial charge in [0.1, 0.15) is 0 Å². The summed E-state index contributed by atoms with van der Waals surface area (Å²) in [6, 6.07) is 0. The third-order valence-corrected chi connectivity index (χ3v) is 1.43. The Bertz CT molecular complexity index is 221. The second-order valence-corrected chi connectivity index (χ2v) is 3.19. The SMILES string of the molecule is C=C(C)C(=O)OCCCC.CCOC(C)=O. The van der Waals surface area contributed by atoms with Crippen molar-refractivity contribution >= 4 is 11.9 Å². The van der Waals surface area contributed by atoms with E-state index in [0.29, 0.717) is 18.8 Å². The Morgan fingerprint density at radius 3 is 1.94 bits per heavy atom. The molecular formula is C12H22O4. The van der Waals surface area contributed by atoms with Crippen LogP contribution < -0.4 is 0 Å². The lowest BCUT2D eigenvalue weighted by molar-refractivity contribution is -0.140. The summed E-state index contributed by atoms with van der Waals surface area (Å²) in [6.07, 6.45) is 1.97.